The number of carbonyl (C=O) groups is 2. The molecule has 2 saturated heterocycles. The van der Waals surface area contributed by atoms with Crippen molar-refractivity contribution in [3.8, 4) is 0 Å². The zero-order valence-corrected chi connectivity index (χ0v) is 19.5. The van der Waals surface area contributed by atoms with E-state index in [0.29, 0.717) is 76.6 Å². The predicted octanol–water partition coefficient (Wildman–Crippen LogP) is 1.07. The van der Waals surface area contributed by atoms with Gasteiger partial charge >= 0.3 is 6.03 Å². The van der Waals surface area contributed by atoms with Gasteiger partial charge in [-0.2, -0.15) is 5.10 Å². The topological polar surface area (TPSA) is 111 Å². The number of carbonyl (C=O) groups excluding carboxylic acids is 2. The first kappa shape index (κ1) is 23.3. The highest BCUT2D eigenvalue weighted by Gasteiger charge is 2.29. The number of halogens is 1. The Kier molecular flexibility index (Phi) is 6.67. The van der Waals surface area contributed by atoms with Crippen LogP contribution in [-0.2, 0) is 17.6 Å². The number of fused-ring (bicyclic) bond motifs is 1. The minimum Gasteiger partial charge on any atom is -0.383 e. The summed E-state index contributed by atoms with van der Waals surface area (Å²) in [5.41, 5.74) is 2.62. The fraction of sp³-hybridized carbons (Fsp3) is 0.500. The van der Waals surface area contributed by atoms with Crippen LogP contribution in [0.2, 0.25) is 0 Å². The SMILES string of the molecule is O=C(c1cc(Cc2n[nH]c(=O)c3c2NCCC3)ccc1F)N1CCN(C(=O)N2CCOCC2)CC1. The van der Waals surface area contributed by atoms with Gasteiger partial charge in [0.15, 0.2) is 0 Å². The number of ether oxygens (including phenoxy) is 1. The first-order valence-electron chi connectivity index (χ1n) is 12.0. The molecule has 0 aliphatic carbocycles. The summed E-state index contributed by atoms with van der Waals surface area (Å²) >= 11 is 0. The molecular formula is C24H29FN6O4. The van der Waals surface area contributed by atoms with Crippen molar-refractivity contribution in [3.05, 3.63) is 56.8 Å². The molecule has 5 rings (SSSR count). The Bertz CT molecular complexity index is 1170. The van der Waals surface area contributed by atoms with Gasteiger partial charge in [0.1, 0.15) is 5.82 Å². The smallest absolute Gasteiger partial charge is 0.320 e. The van der Waals surface area contributed by atoms with Crippen LogP contribution < -0.4 is 10.9 Å². The Hall–Kier alpha value is -3.47. The average molecular weight is 485 g/mol. The van der Waals surface area contributed by atoms with Gasteiger partial charge < -0.3 is 24.8 Å². The summed E-state index contributed by atoms with van der Waals surface area (Å²) in [6.07, 6.45) is 1.91. The molecule has 0 saturated carbocycles. The summed E-state index contributed by atoms with van der Waals surface area (Å²) in [4.78, 5) is 43.0. The maximum absolute atomic E-state index is 14.7. The quantitative estimate of drug-likeness (QED) is 0.674. The summed E-state index contributed by atoms with van der Waals surface area (Å²) < 4.78 is 20.0. The van der Waals surface area contributed by atoms with Crippen LogP contribution in [-0.4, -0.2) is 95.9 Å². The number of nitrogens with zero attached hydrogens (tertiary/aromatic N) is 4. The van der Waals surface area contributed by atoms with Crippen LogP contribution in [0.1, 0.15) is 33.6 Å². The summed E-state index contributed by atoms with van der Waals surface area (Å²) in [6, 6.07) is 4.45. The molecule has 10 nitrogen and oxygen atoms in total. The van der Waals surface area contributed by atoms with Crippen LogP contribution in [0, 0.1) is 5.82 Å². The van der Waals surface area contributed by atoms with Gasteiger partial charge in [0.25, 0.3) is 11.5 Å². The van der Waals surface area contributed by atoms with Crippen LogP contribution in [0.4, 0.5) is 14.9 Å². The molecule has 1 aromatic carbocycles. The number of urea groups is 1. The second-order valence-electron chi connectivity index (χ2n) is 9.04. The van der Waals surface area contributed by atoms with Crippen molar-refractivity contribution in [2.45, 2.75) is 19.3 Å². The number of amides is 3. The normalized spacial score (nSPS) is 18.1. The van der Waals surface area contributed by atoms with Gasteiger partial charge in [0.05, 0.1) is 30.2 Å². The first-order valence-corrected chi connectivity index (χ1v) is 12.0. The minimum absolute atomic E-state index is 0.00158. The molecule has 11 heteroatoms. The second kappa shape index (κ2) is 10.0. The van der Waals surface area contributed by atoms with E-state index in [-0.39, 0.29) is 17.2 Å². The van der Waals surface area contributed by atoms with Crippen LogP contribution in [0.3, 0.4) is 0 Å². The molecule has 2 N–H and O–H groups in total. The number of anilines is 1. The number of H-pyrrole nitrogens is 1. The monoisotopic (exact) mass is 484 g/mol. The van der Waals surface area contributed by atoms with Gasteiger partial charge in [-0.05, 0) is 30.5 Å². The average Bonchev–Trinajstić information content (AvgIpc) is 2.91. The van der Waals surface area contributed by atoms with Crippen molar-refractivity contribution in [3.63, 3.8) is 0 Å². The Morgan fingerprint density at radius 3 is 2.51 bits per heavy atom. The molecule has 3 aliphatic heterocycles. The van der Waals surface area contributed by atoms with E-state index < -0.39 is 11.7 Å². The van der Waals surface area contributed by atoms with Gasteiger partial charge in [-0.1, -0.05) is 6.07 Å². The lowest BCUT2D eigenvalue weighted by molar-refractivity contribution is 0.0362. The lowest BCUT2D eigenvalue weighted by Crippen LogP contribution is -2.55. The standard InChI is InChI=1S/C24H29FN6O4/c25-19-4-3-16(15-20-21-17(2-1-5-26-21)22(32)28-27-20)14-18(19)23(33)29-6-8-30(9-7-29)24(34)31-10-12-35-13-11-31/h3-4,14,26H,1-2,5-13,15H2,(H,28,32). The Morgan fingerprint density at radius 2 is 1.74 bits per heavy atom. The van der Waals surface area contributed by atoms with Crippen molar-refractivity contribution in [1.82, 2.24) is 24.9 Å². The van der Waals surface area contributed by atoms with Gasteiger partial charge in [0, 0.05) is 57.8 Å². The summed E-state index contributed by atoms with van der Waals surface area (Å²) in [5.74, 6) is -0.974. The number of aromatic nitrogens is 2. The fourth-order valence-corrected chi connectivity index (χ4v) is 4.85. The lowest BCUT2D eigenvalue weighted by atomic mass is 9.99. The fourth-order valence-electron chi connectivity index (χ4n) is 4.85. The van der Waals surface area contributed by atoms with Gasteiger partial charge in [-0.25, -0.2) is 14.3 Å². The molecule has 2 aromatic rings. The van der Waals surface area contributed by atoms with E-state index in [4.69, 9.17) is 4.74 Å². The molecule has 0 atom stereocenters. The molecule has 4 heterocycles. The van der Waals surface area contributed by atoms with E-state index in [9.17, 15) is 18.8 Å². The zero-order valence-electron chi connectivity index (χ0n) is 19.5. The van der Waals surface area contributed by atoms with Crippen LogP contribution in [0.15, 0.2) is 23.0 Å². The highest BCUT2D eigenvalue weighted by Crippen LogP contribution is 2.24. The molecule has 0 spiro atoms. The Labute approximate surface area is 202 Å². The van der Waals surface area contributed by atoms with E-state index in [0.717, 1.165) is 24.2 Å². The third-order valence-electron chi connectivity index (χ3n) is 6.81. The molecule has 0 radical (unpaired) electrons. The predicted molar refractivity (Wildman–Crippen MR) is 126 cm³/mol. The van der Waals surface area contributed by atoms with Crippen molar-refractivity contribution < 1.29 is 18.7 Å². The Morgan fingerprint density at radius 1 is 1.03 bits per heavy atom. The number of nitrogens with one attached hydrogen (secondary N) is 2. The number of hydrogen-bond acceptors (Lipinski definition) is 6. The summed E-state index contributed by atoms with van der Waals surface area (Å²) in [6.45, 7) is 4.47. The van der Waals surface area contributed by atoms with E-state index in [1.165, 1.54) is 6.07 Å². The highest BCUT2D eigenvalue weighted by atomic mass is 19.1. The molecule has 0 unspecified atom stereocenters. The van der Waals surface area contributed by atoms with E-state index in [2.05, 4.69) is 15.5 Å². The first-order chi connectivity index (χ1) is 17.0. The molecule has 2 fully saturated rings. The highest BCUT2D eigenvalue weighted by molar-refractivity contribution is 5.95. The number of morpholine rings is 1. The van der Waals surface area contributed by atoms with E-state index in [1.807, 2.05) is 0 Å². The number of rotatable bonds is 3. The number of benzene rings is 1. The van der Waals surface area contributed by atoms with E-state index >= 15 is 0 Å². The number of hydrogen-bond donors (Lipinski definition) is 2. The molecule has 1 aromatic heterocycles. The van der Waals surface area contributed by atoms with Gasteiger partial charge in [-0.3, -0.25) is 9.59 Å². The van der Waals surface area contributed by atoms with Crippen LogP contribution in [0.25, 0.3) is 0 Å². The van der Waals surface area contributed by atoms with Gasteiger partial charge in [0.2, 0.25) is 0 Å². The van der Waals surface area contributed by atoms with Crippen molar-refractivity contribution in [1.29, 1.82) is 0 Å². The van der Waals surface area contributed by atoms with Gasteiger partial charge in [-0.15, -0.1) is 0 Å². The molecule has 3 amide bonds. The lowest BCUT2D eigenvalue weighted by Gasteiger charge is -2.38. The minimum atomic E-state index is -0.583. The third-order valence-corrected chi connectivity index (χ3v) is 6.81. The number of aromatic amines is 1. The van der Waals surface area contributed by atoms with Crippen LogP contribution in [0.5, 0.6) is 0 Å². The largest absolute Gasteiger partial charge is 0.383 e. The third kappa shape index (κ3) is 4.86. The van der Waals surface area contributed by atoms with Crippen molar-refractivity contribution in [2.75, 3.05) is 64.3 Å². The maximum atomic E-state index is 14.7. The number of piperazine rings is 1. The second-order valence-corrected chi connectivity index (χ2v) is 9.04. The molecule has 3 aliphatic rings. The van der Waals surface area contributed by atoms with Crippen molar-refractivity contribution >= 4 is 17.6 Å². The molecule has 0 bridgehead atoms. The van der Waals surface area contributed by atoms with Crippen molar-refractivity contribution in [2.24, 2.45) is 0 Å². The van der Waals surface area contributed by atoms with Crippen LogP contribution >= 0.6 is 0 Å². The molecular weight excluding hydrogens is 455 g/mol. The summed E-state index contributed by atoms with van der Waals surface area (Å²) in [7, 11) is 0. The molecule has 35 heavy (non-hydrogen) atoms. The maximum Gasteiger partial charge on any atom is 0.320 e. The summed E-state index contributed by atoms with van der Waals surface area (Å²) in [5, 5.41) is 10.0. The Balaban J connectivity index is 1.27. The zero-order chi connectivity index (χ0) is 24.4. The van der Waals surface area contributed by atoms with E-state index in [1.54, 1.807) is 26.8 Å². The molecule has 186 valence electrons.